The van der Waals surface area contributed by atoms with E-state index in [0.717, 1.165) is 24.7 Å². The Morgan fingerprint density at radius 1 is 1.60 bits per heavy atom. The fourth-order valence-corrected chi connectivity index (χ4v) is 2.16. The number of rotatable bonds is 4. The van der Waals surface area contributed by atoms with Gasteiger partial charge in [0.1, 0.15) is 0 Å². The third-order valence-corrected chi connectivity index (χ3v) is 3.19. The van der Waals surface area contributed by atoms with Crippen LogP contribution in [0, 0.1) is 0 Å². The number of furan rings is 1. The normalized spacial score (nSPS) is 16.1. The van der Waals surface area contributed by atoms with Gasteiger partial charge in [0, 0.05) is 17.9 Å². The van der Waals surface area contributed by atoms with E-state index in [-0.39, 0.29) is 5.91 Å². The Balaban J connectivity index is 2.06. The fourth-order valence-electron chi connectivity index (χ4n) is 1.78. The van der Waals surface area contributed by atoms with Crippen molar-refractivity contribution in [3.05, 3.63) is 24.2 Å². The minimum Gasteiger partial charge on any atom is -0.459 e. The lowest BCUT2D eigenvalue weighted by atomic mass is 9.91. The van der Waals surface area contributed by atoms with Crippen molar-refractivity contribution in [3.63, 3.8) is 0 Å². The van der Waals surface area contributed by atoms with Crippen molar-refractivity contribution < 1.29 is 9.21 Å². The van der Waals surface area contributed by atoms with Gasteiger partial charge in [-0.1, -0.05) is 15.9 Å². The predicted octanol–water partition coefficient (Wildman–Crippen LogP) is 2.67. The van der Waals surface area contributed by atoms with Crippen molar-refractivity contribution in [2.75, 3.05) is 11.9 Å². The molecule has 1 amide bonds. The van der Waals surface area contributed by atoms with Crippen LogP contribution >= 0.6 is 15.9 Å². The van der Waals surface area contributed by atoms with Crippen LogP contribution < -0.4 is 0 Å². The third-order valence-electron chi connectivity index (χ3n) is 2.83. The molecule has 82 valence electrons. The Hall–Kier alpha value is -0.770. The largest absolute Gasteiger partial charge is 0.459 e. The molecule has 0 spiro atoms. The van der Waals surface area contributed by atoms with Gasteiger partial charge in [0.2, 0.25) is 0 Å². The summed E-state index contributed by atoms with van der Waals surface area (Å²) in [7, 11) is 0. The molecular formula is C11H14BrNO2. The molecule has 1 aliphatic rings. The van der Waals surface area contributed by atoms with Crippen LogP contribution in [0.15, 0.2) is 22.8 Å². The lowest BCUT2D eigenvalue weighted by molar-refractivity contribution is 0.0567. The van der Waals surface area contributed by atoms with Gasteiger partial charge in [0.15, 0.2) is 5.76 Å². The Morgan fingerprint density at radius 3 is 2.87 bits per heavy atom. The maximum absolute atomic E-state index is 12.0. The van der Waals surface area contributed by atoms with Gasteiger partial charge in [-0.25, -0.2) is 0 Å². The van der Waals surface area contributed by atoms with Gasteiger partial charge >= 0.3 is 0 Å². The molecular weight excluding hydrogens is 258 g/mol. The summed E-state index contributed by atoms with van der Waals surface area (Å²) in [6.45, 7) is 0.754. The van der Waals surface area contributed by atoms with Crippen LogP contribution in [-0.2, 0) is 0 Å². The van der Waals surface area contributed by atoms with Gasteiger partial charge in [0.25, 0.3) is 5.91 Å². The Labute approximate surface area is 97.6 Å². The topological polar surface area (TPSA) is 33.5 Å². The summed E-state index contributed by atoms with van der Waals surface area (Å²) in [5, 5.41) is 0.815. The molecule has 0 aliphatic heterocycles. The van der Waals surface area contributed by atoms with E-state index in [2.05, 4.69) is 15.9 Å². The van der Waals surface area contributed by atoms with Crippen molar-refractivity contribution in [1.82, 2.24) is 4.90 Å². The molecule has 0 atom stereocenters. The monoisotopic (exact) mass is 271 g/mol. The summed E-state index contributed by atoms with van der Waals surface area (Å²) in [6, 6.07) is 3.89. The molecule has 1 heterocycles. The lowest BCUT2D eigenvalue weighted by Crippen LogP contribution is -2.45. The molecule has 1 aliphatic carbocycles. The van der Waals surface area contributed by atoms with E-state index in [1.54, 1.807) is 18.4 Å². The molecule has 2 rings (SSSR count). The van der Waals surface area contributed by atoms with E-state index >= 15 is 0 Å². The second-order valence-corrected chi connectivity index (χ2v) is 4.54. The summed E-state index contributed by atoms with van der Waals surface area (Å²) in [4.78, 5) is 14.0. The second kappa shape index (κ2) is 4.84. The Kier molecular flexibility index (Phi) is 3.46. The lowest BCUT2D eigenvalue weighted by Gasteiger charge is -2.36. The minimum absolute atomic E-state index is 0.0177. The molecule has 4 heteroatoms. The third kappa shape index (κ3) is 2.25. The zero-order valence-corrected chi connectivity index (χ0v) is 10.1. The van der Waals surface area contributed by atoms with Crippen LogP contribution in [0.25, 0.3) is 0 Å². The fraction of sp³-hybridized carbons (Fsp3) is 0.545. The number of alkyl halides is 1. The molecule has 0 aromatic carbocycles. The predicted molar refractivity (Wildman–Crippen MR) is 61.2 cm³/mol. The molecule has 15 heavy (non-hydrogen) atoms. The summed E-state index contributed by atoms with van der Waals surface area (Å²) < 4.78 is 5.13. The van der Waals surface area contributed by atoms with Crippen LogP contribution in [0.2, 0.25) is 0 Å². The van der Waals surface area contributed by atoms with Gasteiger partial charge in [-0.3, -0.25) is 4.79 Å². The number of carbonyl (C=O) groups excluding carboxylic acids is 1. The summed E-state index contributed by atoms with van der Waals surface area (Å²) in [6.07, 6.45) is 5.02. The molecule has 0 radical (unpaired) electrons. The van der Waals surface area contributed by atoms with Crippen LogP contribution in [0.5, 0.6) is 0 Å². The van der Waals surface area contributed by atoms with E-state index < -0.39 is 0 Å². The van der Waals surface area contributed by atoms with Crippen LogP contribution in [0.1, 0.15) is 29.8 Å². The first-order valence-corrected chi connectivity index (χ1v) is 6.35. The highest BCUT2D eigenvalue weighted by Gasteiger charge is 2.29. The maximum Gasteiger partial charge on any atom is 0.289 e. The average Bonchev–Trinajstić information content (AvgIpc) is 2.66. The highest BCUT2D eigenvalue weighted by Crippen LogP contribution is 2.26. The van der Waals surface area contributed by atoms with E-state index in [1.807, 2.05) is 4.90 Å². The highest BCUT2D eigenvalue weighted by molar-refractivity contribution is 9.09. The van der Waals surface area contributed by atoms with Gasteiger partial charge in [-0.05, 0) is 31.4 Å². The molecule has 0 unspecified atom stereocenters. The smallest absolute Gasteiger partial charge is 0.289 e. The first kappa shape index (κ1) is 10.7. The standard InChI is InChI=1S/C11H14BrNO2/c12-6-7-13(9-3-1-4-9)11(14)10-5-2-8-15-10/h2,5,8-9H,1,3-4,6-7H2. The minimum atomic E-state index is 0.0177. The maximum atomic E-state index is 12.0. The van der Waals surface area contributed by atoms with Gasteiger partial charge in [-0.15, -0.1) is 0 Å². The molecule has 1 aromatic rings. The van der Waals surface area contributed by atoms with Crippen molar-refractivity contribution in [2.24, 2.45) is 0 Å². The van der Waals surface area contributed by atoms with Gasteiger partial charge < -0.3 is 9.32 Å². The first-order chi connectivity index (χ1) is 7.33. The van der Waals surface area contributed by atoms with E-state index in [1.165, 1.54) is 6.42 Å². The molecule has 0 saturated heterocycles. The van der Waals surface area contributed by atoms with Crippen LogP contribution in [-0.4, -0.2) is 28.7 Å². The van der Waals surface area contributed by atoms with Crippen molar-refractivity contribution in [3.8, 4) is 0 Å². The van der Waals surface area contributed by atoms with Crippen LogP contribution in [0.3, 0.4) is 0 Å². The Bertz CT molecular complexity index is 319. The second-order valence-electron chi connectivity index (χ2n) is 3.75. The Morgan fingerprint density at radius 2 is 2.40 bits per heavy atom. The molecule has 1 fully saturated rings. The zero-order chi connectivity index (χ0) is 10.7. The molecule has 0 N–H and O–H groups in total. The summed E-state index contributed by atoms with van der Waals surface area (Å²) in [5.74, 6) is 0.465. The van der Waals surface area contributed by atoms with Crippen molar-refractivity contribution in [2.45, 2.75) is 25.3 Å². The number of hydrogen-bond donors (Lipinski definition) is 0. The quantitative estimate of drug-likeness (QED) is 0.789. The summed E-state index contributed by atoms with van der Waals surface area (Å²) >= 11 is 3.38. The number of carbonyl (C=O) groups is 1. The van der Waals surface area contributed by atoms with Gasteiger partial charge in [-0.2, -0.15) is 0 Å². The first-order valence-electron chi connectivity index (χ1n) is 5.23. The van der Waals surface area contributed by atoms with Crippen molar-refractivity contribution in [1.29, 1.82) is 0 Å². The molecule has 0 bridgehead atoms. The number of hydrogen-bond acceptors (Lipinski definition) is 2. The number of nitrogens with zero attached hydrogens (tertiary/aromatic N) is 1. The van der Waals surface area contributed by atoms with E-state index in [4.69, 9.17) is 4.42 Å². The molecule has 1 aromatic heterocycles. The highest BCUT2D eigenvalue weighted by atomic mass is 79.9. The number of amides is 1. The zero-order valence-electron chi connectivity index (χ0n) is 8.49. The molecule has 3 nitrogen and oxygen atoms in total. The van der Waals surface area contributed by atoms with E-state index in [9.17, 15) is 4.79 Å². The SMILES string of the molecule is O=C(c1ccco1)N(CCBr)C1CCC1. The average molecular weight is 272 g/mol. The molecule has 1 saturated carbocycles. The van der Waals surface area contributed by atoms with Crippen LogP contribution in [0.4, 0.5) is 0 Å². The van der Waals surface area contributed by atoms with E-state index in [0.29, 0.717) is 11.8 Å². The van der Waals surface area contributed by atoms with Crippen molar-refractivity contribution >= 4 is 21.8 Å². The number of halogens is 1. The van der Waals surface area contributed by atoms with Gasteiger partial charge in [0.05, 0.1) is 6.26 Å². The summed E-state index contributed by atoms with van der Waals surface area (Å²) in [5.41, 5.74) is 0.